The summed E-state index contributed by atoms with van der Waals surface area (Å²) in [5, 5.41) is 10.0. The molecule has 2 aromatic rings. The number of rotatable bonds is 12. The van der Waals surface area contributed by atoms with Gasteiger partial charge in [-0.25, -0.2) is 0 Å². The number of ether oxygens (including phenoxy) is 2. The van der Waals surface area contributed by atoms with Gasteiger partial charge in [0.2, 0.25) is 5.78 Å². The topological polar surface area (TPSA) is 76.1 Å². The van der Waals surface area contributed by atoms with Crippen LogP contribution in [-0.4, -0.2) is 52.6 Å². The van der Waals surface area contributed by atoms with E-state index in [1.54, 1.807) is 12.0 Å². The van der Waals surface area contributed by atoms with Crippen molar-refractivity contribution in [3.63, 3.8) is 0 Å². The number of Topliss-reactive ketones (excluding diaryl/α,β-unsaturated/α-hetero) is 1. The number of carbonyl (C=O) groups is 2. The molecule has 1 heterocycles. The molecule has 0 saturated carbocycles. The van der Waals surface area contributed by atoms with Crippen molar-refractivity contribution in [2.45, 2.75) is 51.0 Å². The van der Waals surface area contributed by atoms with Gasteiger partial charge in [0.05, 0.1) is 19.8 Å². The van der Waals surface area contributed by atoms with Crippen molar-refractivity contribution in [1.29, 1.82) is 0 Å². The van der Waals surface area contributed by atoms with Gasteiger partial charge in [0.1, 0.15) is 11.8 Å². The van der Waals surface area contributed by atoms with Crippen LogP contribution in [0.4, 0.5) is 4.79 Å². The Morgan fingerprint density at radius 1 is 1.15 bits per heavy atom. The normalized spacial score (nSPS) is 16.1. The zero-order valence-corrected chi connectivity index (χ0v) is 20.3. The Morgan fingerprint density at radius 3 is 2.65 bits per heavy atom. The zero-order chi connectivity index (χ0) is 24.2. The number of ketones is 1. The third-order valence-corrected chi connectivity index (χ3v) is 6.49. The molecule has 7 heteroatoms. The molecule has 1 amide bonds. The van der Waals surface area contributed by atoms with E-state index >= 15 is 0 Å². The number of aliphatic hydroxyl groups is 1. The fraction of sp³-hybridized carbons (Fsp3) is 0.407. The van der Waals surface area contributed by atoms with E-state index < -0.39 is 12.1 Å². The Kier molecular flexibility index (Phi) is 10.5. The predicted octanol–water partition coefficient (Wildman–Crippen LogP) is 4.44. The van der Waals surface area contributed by atoms with Gasteiger partial charge in [-0.1, -0.05) is 60.1 Å². The number of hydrogen-bond donors (Lipinski definition) is 1. The van der Waals surface area contributed by atoms with E-state index in [4.69, 9.17) is 9.47 Å². The molecular weight excluding hydrogens is 450 g/mol. The molecule has 0 bridgehead atoms. The predicted molar refractivity (Wildman–Crippen MR) is 134 cm³/mol. The van der Waals surface area contributed by atoms with Crippen LogP contribution in [0.5, 0.6) is 5.75 Å². The molecular formula is C27H31NO5S. The summed E-state index contributed by atoms with van der Waals surface area (Å²) in [4.78, 5) is 26.5. The highest BCUT2D eigenvalue weighted by Gasteiger charge is 2.36. The molecule has 0 aromatic heterocycles. The zero-order valence-electron chi connectivity index (χ0n) is 19.4. The number of unbranched alkanes of at least 4 members (excludes halogenated alkanes) is 1. The quantitative estimate of drug-likeness (QED) is 0.274. The summed E-state index contributed by atoms with van der Waals surface area (Å²) in [6.45, 7) is 1.58. The van der Waals surface area contributed by atoms with Gasteiger partial charge < -0.3 is 19.5 Å². The van der Waals surface area contributed by atoms with Gasteiger partial charge in [-0.15, -0.1) is 0 Å². The van der Waals surface area contributed by atoms with E-state index in [-0.39, 0.29) is 17.4 Å². The van der Waals surface area contributed by atoms with Crippen LogP contribution in [0.25, 0.3) is 0 Å². The minimum atomic E-state index is -0.579. The summed E-state index contributed by atoms with van der Waals surface area (Å²) in [7, 11) is 1.60. The van der Waals surface area contributed by atoms with Gasteiger partial charge in [0.15, 0.2) is 0 Å². The highest BCUT2D eigenvalue weighted by Crippen LogP contribution is 2.27. The minimum Gasteiger partial charge on any atom is -0.497 e. The third-order valence-electron chi connectivity index (χ3n) is 5.53. The molecule has 0 aliphatic carbocycles. The van der Waals surface area contributed by atoms with Crippen molar-refractivity contribution >= 4 is 22.8 Å². The van der Waals surface area contributed by atoms with Crippen molar-refractivity contribution in [3.8, 4) is 17.6 Å². The minimum absolute atomic E-state index is 0.120. The monoisotopic (exact) mass is 481 g/mol. The molecule has 0 spiro atoms. The summed E-state index contributed by atoms with van der Waals surface area (Å²) in [5.74, 6) is 6.29. The number of aliphatic hydroxyl groups excluding tert-OH is 1. The van der Waals surface area contributed by atoms with E-state index in [9.17, 15) is 14.7 Å². The molecule has 1 aliphatic heterocycles. The number of nitrogens with zero attached hydrogens (tertiary/aromatic N) is 1. The SMILES string of the molecule is COc1ccc(CN2C(=O)SCC2C(=O)C#CCC(O)CCCCOCc2ccccc2)cc1. The maximum atomic E-state index is 12.6. The highest BCUT2D eigenvalue weighted by atomic mass is 32.2. The fourth-order valence-corrected chi connectivity index (χ4v) is 4.55. The Bertz CT molecular complexity index is 984. The van der Waals surface area contributed by atoms with E-state index in [2.05, 4.69) is 11.8 Å². The maximum absolute atomic E-state index is 12.6. The largest absolute Gasteiger partial charge is 0.497 e. The van der Waals surface area contributed by atoms with E-state index in [0.717, 1.165) is 41.5 Å². The summed E-state index contributed by atoms with van der Waals surface area (Å²) in [6.07, 6.45) is 1.96. The molecule has 2 aromatic carbocycles. The van der Waals surface area contributed by atoms with Crippen LogP contribution in [-0.2, 0) is 22.7 Å². The van der Waals surface area contributed by atoms with Gasteiger partial charge in [0, 0.05) is 25.3 Å². The first-order chi connectivity index (χ1) is 16.6. The Hall–Kier alpha value is -2.79. The van der Waals surface area contributed by atoms with Crippen LogP contribution in [0.1, 0.15) is 36.8 Å². The average Bonchev–Trinajstić information content (AvgIpc) is 3.22. The second-order valence-electron chi connectivity index (χ2n) is 8.13. The molecule has 1 fully saturated rings. The number of methoxy groups -OCH3 is 1. The molecule has 2 atom stereocenters. The molecule has 1 aliphatic rings. The lowest BCUT2D eigenvalue weighted by atomic mass is 10.1. The van der Waals surface area contributed by atoms with Crippen LogP contribution in [0.15, 0.2) is 54.6 Å². The smallest absolute Gasteiger partial charge is 0.282 e. The van der Waals surface area contributed by atoms with Crippen LogP contribution in [0.3, 0.4) is 0 Å². The fourth-order valence-electron chi connectivity index (χ4n) is 3.56. The van der Waals surface area contributed by atoms with E-state index in [1.807, 2.05) is 54.6 Å². The second kappa shape index (κ2) is 13.8. The number of carbonyl (C=O) groups excluding carboxylic acids is 2. The van der Waals surface area contributed by atoms with Crippen LogP contribution < -0.4 is 4.74 Å². The molecule has 34 heavy (non-hydrogen) atoms. The van der Waals surface area contributed by atoms with Gasteiger partial charge in [0.25, 0.3) is 5.24 Å². The van der Waals surface area contributed by atoms with E-state index in [0.29, 0.717) is 31.9 Å². The van der Waals surface area contributed by atoms with E-state index in [1.165, 1.54) is 0 Å². The summed E-state index contributed by atoms with van der Waals surface area (Å²) in [5.41, 5.74) is 2.07. The molecule has 6 nitrogen and oxygen atoms in total. The number of amides is 1. The molecule has 2 unspecified atom stereocenters. The molecule has 1 N–H and O–H groups in total. The third kappa shape index (κ3) is 8.21. The Balaban J connectivity index is 1.36. The standard InChI is InChI=1S/C27H31NO5S/c1-32-24-15-13-21(14-16-24)18-28-25(20-34-27(28)31)26(30)12-7-11-23(29)10-5-6-17-33-19-22-8-3-2-4-9-22/h2-4,8-9,13-16,23,25,29H,5-6,10-11,17-20H2,1H3. The van der Waals surface area contributed by atoms with Crippen molar-refractivity contribution in [2.75, 3.05) is 19.5 Å². The van der Waals surface area contributed by atoms with Crippen LogP contribution in [0.2, 0.25) is 0 Å². The average molecular weight is 482 g/mol. The van der Waals surface area contributed by atoms with Gasteiger partial charge in [-0.05, 0) is 48.4 Å². The number of benzene rings is 2. The first-order valence-corrected chi connectivity index (χ1v) is 12.4. The summed E-state index contributed by atoms with van der Waals surface area (Å²) >= 11 is 1.14. The summed E-state index contributed by atoms with van der Waals surface area (Å²) < 4.78 is 10.8. The number of thioether (sulfide) groups is 1. The Labute approximate surface area is 205 Å². The van der Waals surface area contributed by atoms with Crippen molar-refractivity contribution in [1.82, 2.24) is 4.90 Å². The Morgan fingerprint density at radius 2 is 1.91 bits per heavy atom. The number of hydrogen-bond acceptors (Lipinski definition) is 6. The molecule has 3 rings (SSSR count). The van der Waals surface area contributed by atoms with Gasteiger partial charge in [-0.2, -0.15) is 0 Å². The van der Waals surface area contributed by atoms with Crippen molar-refractivity contribution in [3.05, 3.63) is 65.7 Å². The first kappa shape index (κ1) is 25.8. The lowest BCUT2D eigenvalue weighted by Crippen LogP contribution is -2.38. The summed E-state index contributed by atoms with van der Waals surface area (Å²) in [6, 6.07) is 16.9. The van der Waals surface area contributed by atoms with Gasteiger partial charge >= 0.3 is 0 Å². The molecule has 1 saturated heterocycles. The lowest BCUT2D eigenvalue weighted by Gasteiger charge is -2.21. The van der Waals surface area contributed by atoms with Crippen LogP contribution in [0, 0.1) is 11.8 Å². The lowest BCUT2D eigenvalue weighted by molar-refractivity contribution is -0.117. The molecule has 180 valence electrons. The van der Waals surface area contributed by atoms with Crippen molar-refractivity contribution in [2.24, 2.45) is 0 Å². The van der Waals surface area contributed by atoms with Gasteiger partial charge in [-0.3, -0.25) is 9.59 Å². The highest BCUT2D eigenvalue weighted by molar-refractivity contribution is 8.13. The second-order valence-corrected chi connectivity index (χ2v) is 9.10. The molecule has 0 radical (unpaired) electrons. The van der Waals surface area contributed by atoms with Crippen LogP contribution >= 0.6 is 11.8 Å². The van der Waals surface area contributed by atoms with Crippen molar-refractivity contribution < 1.29 is 24.2 Å². The first-order valence-electron chi connectivity index (χ1n) is 11.5. The maximum Gasteiger partial charge on any atom is 0.282 e.